The number of phosphoric acid groups is 2. The summed E-state index contributed by atoms with van der Waals surface area (Å²) in [6.45, 7) is 11.6. The molecule has 0 aliphatic rings. The number of ether oxygens (including phenoxy) is 4. The molecule has 0 aromatic rings. The number of hydrogen-bond acceptors (Lipinski definition) is 15. The third-order valence-electron chi connectivity index (χ3n) is 14.9. The van der Waals surface area contributed by atoms with Crippen LogP contribution in [-0.2, 0) is 65.4 Å². The molecule has 4 unspecified atom stereocenters. The normalized spacial score (nSPS) is 15.1. The highest BCUT2D eigenvalue weighted by Crippen LogP contribution is 2.45. The van der Waals surface area contributed by atoms with Crippen LogP contribution in [0.25, 0.3) is 0 Å². The molecule has 3 N–H and O–H groups in total. The van der Waals surface area contributed by atoms with Crippen molar-refractivity contribution in [2.24, 2.45) is 17.8 Å². The first-order valence-corrected chi connectivity index (χ1v) is 35.4. The Morgan fingerprint density at radius 1 is 0.358 bits per heavy atom. The van der Waals surface area contributed by atoms with Gasteiger partial charge in [-0.15, -0.1) is 0 Å². The molecule has 0 saturated carbocycles. The van der Waals surface area contributed by atoms with Crippen LogP contribution >= 0.6 is 15.6 Å². The van der Waals surface area contributed by atoms with Crippen molar-refractivity contribution in [3.63, 3.8) is 0 Å². The van der Waals surface area contributed by atoms with E-state index in [-0.39, 0.29) is 25.7 Å². The van der Waals surface area contributed by atoms with Gasteiger partial charge in [0.1, 0.15) is 19.3 Å². The van der Waals surface area contributed by atoms with Gasteiger partial charge in [-0.25, -0.2) is 9.13 Å². The molecule has 0 aromatic carbocycles. The molecule has 0 saturated heterocycles. The van der Waals surface area contributed by atoms with Crippen molar-refractivity contribution >= 4 is 39.5 Å². The summed E-state index contributed by atoms with van der Waals surface area (Å²) in [6, 6.07) is 0. The lowest BCUT2D eigenvalue weighted by atomic mass is 9.99. The Hall–Kier alpha value is -1.94. The number of rotatable bonds is 60. The van der Waals surface area contributed by atoms with Crippen LogP contribution in [0.4, 0.5) is 0 Å². The van der Waals surface area contributed by atoms with Crippen LogP contribution in [0.1, 0.15) is 299 Å². The molecular weight excluding hydrogens is 1080 g/mol. The molecule has 17 nitrogen and oxygen atoms in total. The zero-order valence-corrected chi connectivity index (χ0v) is 54.0. The number of esters is 4. The summed E-state index contributed by atoms with van der Waals surface area (Å²) in [5, 5.41) is 10.5. The van der Waals surface area contributed by atoms with E-state index in [4.69, 9.17) is 37.0 Å². The lowest BCUT2D eigenvalue weighted by Crippen LogP contribution is -2.30. The molecule has 0 rings (SSSR count). The number of phosphoric ester groups is 2. The van der Waals surface area contributed by atoms with E-state index in [1.54, 1.807) is 0 Å². The standard InChI is InChI=1S/C62H120O17P2/c1-8-11-12-13-14-20-29-36-43-59(64)72-49-58(79-62(67)46-39-32-24-22-26-33-40-53(4)5)52-77-81(70,71)75-48-56(63)47-74-80(68,69)76-51-57(50-73-60(65)44-37-30-25-23-28-35-42-55(7)10-3)78-61(66)45-38-31-21-18-16-15-17-19-27-34-41-54(6)9-2/h53-58,63H,8-52H2,1-7H3,(H,68,69)(H,70,71)/t54?,55?,56-,57-,58-/m1/s1. The van der Waals surface area contributed by atoms with Gasteiger partial charge in [0, 0.05) is 25.7 Å². The van der Waals surface area contributed by atoms with E-state index in [1.165, 1.54) is 96.3 Å². The maximum Gasteiger partial charge on any atom is 0.472 e. The Labute approximate surface area is 492 Å². The van der Waals surface area contributed by atoms with E-state index in [0.717, 1.165) is 115 Å². The highest BCUT2D eigenvalue weighted by Gasteiger charge is 2.30. The minimum Gasteiger partial charge on any atom is -0.462 e. The first-order valence-electron chi connectivity index (χ1n) is 32.4. The quantitative estimate of drug-likeness (QED) is 0.0222. The lowest BCUT2D eigenvalue weighted by molar-refractivity contribution is -0.161. The van der Waals surface area contributed by atoms with Gasteiger partial charge in [0.15, 0.2) is 12.2 Å². The molecule has 0 bridgehead atoms. The fourth-order valence-electron chi connectivity index (χ4n) is 9.06. The SMILES string of the molecule is CCCCCCCCCCC(=O)OC[C@H](COP(=O)(O)OC[C@H](O)COP(=O)(O)OC[C@@H](COC(=O)CCCCCCCCC(C)CC)OC(=O)CCCCCCCCCCCCC(C)CC)OC(=O)CCCCCCCCC(C)C. The van der Waals surface area contributed by atoms with Crippen molar-refractivity contribution < 1.29 is 80.2 Å². The summed E-state index contributed by atoms with van der Waals surface area (Å²) in [7, 11) is -9.88. The third-order valence-corrected chi connectivity index (χ3v) is 16.8. The Bertz CT molecular complexity index is 1620. The fraction of sp³-hybridized carbons (Fsp3) is 0.935. The van der Waals surface area contributed by atoms with E-state index in [2.05, 4.69) is 48.5 Å². The van der Waals surface area contributed by atoms with Crippen molar-refractivity contribution in [1.29, 1.82) is 0 Å². The minimum absolute atomic E-state index is 0.101. The van der Waals surface area contributed by atoms with E-state index in [9.17, 15) is 43.2 Å². The van der Waals surface area contributed by atoms with Crippen molar-refractivity contribution in [3.05, 3.63) is 0 Å². The monoisotopic (exact) mass is 1200 g/mol. The maximum absolute atomic E-state index is 13.0. The Balaban J connectivity index is 5.24. The second-order valence-corrected chi connectivity index (χ2v) is 26.3. The van der Waals surface area contributed by atoms with E-state index < -0.39 is 97.5 Å². The number of aliphatic hydroxyl groups is 1. The second-order valence-electron chi connectivity index (χ2n) is 23.4. The third kappa shape index (κ3) is 54.5. The van der Waals surface area contributed by atoms with Gasteiger partial charge in [0.2, 0.25) is 0 Å². The summed E-state index contributed by atoms with van der Waals surface area (Å²) in [5.41, 5.74) is 0. The highest BCUT2D eigenvalue weighted by atomic mass is 31.2. The molecule has 19 heteroatoms. The molecule has 0 aliphatic carbocycles. The van der Waals surface area contributed by atoms with E-state index in [0.29, 0.717) is 31.6 Å². The van der Waals surface area contributed by atoms with Gasteiger partial charge in [-0.3, -0.25) is 37.3 Å². The van der Waals surface area contributed by atoms with Gasteiger partial charge in [-0.1, -0.05) is 248 Å². The van der Waals surface area contributed by atoms with Crippen molar-refractivity contribution in [2.75, 3.05) is 39.6 Å². The predicted octanol–water partition coefficient (Wildman–Crippen LogP) is 16.7. The zero-order valence-electron chi connectivity index (χ0n) is 52.2. The van der Waals surface area contributed by atoms with Gasteiger partial charge in [0.25, 0.3) is 0 Å². The Morgan fingerprint density at radius 2 is 0.630 bits per heavy atom. The molecule has 480 valence electrons. The van der Waals surface area contributed by atoms with Crippen molar-refractivity contribution in [3.8, 4) is 0 Å². The van der Waals surface area contributed by atoms with Crippen LogP contribution in [0.2, 0.25) is 0 Å². The average Bonchev–Trinajstić information content (AvgIpc) is 3.43. The van der Waals surface area contributed by atoms with Crippen LogP contribution in [0, 0.1) is 17.8 Å². The molecule has 7 atom stereocenters. The van der Waals surface area contributed by atoms with Crippen LogP contribution in [0.15, 0.2) is 0 Å². The number of hydrogen-bond donors (Lipinski definition) is 3. The van der Waals surface area contributed by atoms with Gasteiger partial charge < -0.3 is 33.8 Å². The highest BCUT2D eigenvalue weighted by molar-refractivity contribution is 7.47. The zero-order chi connectivity index (χ0) is 60.3. The summed E-state index contributed by atoms with van der Waals surface area (Å²) in [4.78, 5) is 72.0. The summed E-state index contributed by atoms with van der Waals surface area (Å²) >= 11 is 0. The molecule has 0 amide bonds. The average molecular weight is 1200 g/mol. The summed E-state index contributed by atoms with van der Waals surface area (Å²) < 4.78 is 67.8. The molecule has 81 heavy (non-hydrogen) atoms. The van der Waals surface area contributed by atoms with Crippen LogP contribution in [0.5, 0.6) is 0 Å². The number of aliphatic hydroxyl groups excluding tert-OH is 1. The summed E-state index contributed by atoms with van der Waals surface area (Å²) in [5.74, 6) is 0.0577. The molecule has 0 heterocycles. The van der Waals surface area contributed by atoms with E-state index >= 15 is 0 Å². The molecule has 0 fully saturated rings. The number of carbonyl (C=O) groups excluding carboxylic acids is 4. The molecule has 0 aliphatic heterocycles. The number of unbranched alkanes of at least 4 members (excludes halogenated alkanes) is 26. The smallest absolute Gasteiger partial charge is 0.462 e. The van der Waals surface area contributed by atoms with Gasteiger partial charge >= 0.3 is 39.5 Å². The van der Waals surface area contributed by atoms with Gasteiger partial charge in [-0.2, -0.15) is 0 Å². The first kappa shape index (κ1) is 79.1. The van der Waals surface area contributed by atoms with Gasteiger partial charge in [-0.05, 0) is 43.4 Å². The maximum atomic E-state index is 13.0. The molecule has 0 aromatic heterocycles. The molecular formula is C62H120O17P2. The van der Waals surface area contributed by atoms with E-state index in [1.807, 2.05) is 0 Å². The van der Waals surface area contributed by atoms with Crippen molar-refractivity contribution in [2.45, 2.75) is 317 Å². The van der Waals surface area contributed by atoms with Gasteiger partial charge in [0.05, 0.1) is 26.4 Å². The molecule has 0 radical (unpaired) electrons. The largest absolute Gasteiger partial charge is 0.472 e. The van der Waals surface area contributed by atoms with Crippen LogP contribution in [-0.4, -0.2) is 96.7 Å². The van der Waals surface area contributed by atoms with Crippen LogP contribution < -0.4 is 0 Å². The Morgan fingerprint density at radius 3 is 0.938 bits per heavy atom. The number of carbonyl (C=O) groups is 4. The lowest BCUT2D eigenvalue weighted by Gasteiger charge is -2.21. The second kappa shape index (κ2) is 53.5. The first-order chi connectivity index (χ1) is 38.8. The fourth-order valence-corrected chi connectivity index (χ4v) is 10.6. The van der Waals surface area contributed by atoms with Crippen LogP contribution in [0.3, 0.4) is 0 Å². The minimum atomic E-state index is -4.94. The Kier molecular flexibility index (Phi) is 52.2. The topological polar surface area (TPSA) is 237 Å². The predicted molar refractivity (Wildman–Crippen MR) is 321 cm³/mol. The molecule has 0 spiro atoms. The summed E-state index contributed by atoms with van der Waals surface area (Å²) in [6.07, 6.45) is 33.6. The van der Waals surface area contributed by atoms with Crippen molar-refractivity contribution in [1.82, 2.24) is 0 Å².